The fourth-order valence-electron chi connectivity index (χ4n) is 1.10. The molecule has 1 aromatic heterocycles. The van der Waals surface area contributed by atoms with Gasteiger partial charge >= 0.3 is 6.18 Å². The van der Waals surface area contributed by atoms with Crippen LogP contribution in [0.25, 0.3) is 0 Å². The number of hydrogen-bond acceptors (Lipinski definition) is 4. The lowest BCUT2D eigenvalue weighted by Gasteiger charge is -2.15. The third-order valence-corrected chi connectivity index (χ3v) is 2.90. The number of halogens is 3. The summed E-state index contributed by atoms with van der Waals surface area (Å²) in [5.41, 5.74) is -0.923. The molecule has 0 aliphatic heterocycles. The Morgan fingerprint density at radius 2 is 2.22 bits per heavy atom. The summed E-state index contributed by atoms with van der Waals surface area (Å²) in [5, 5.41) is 1.19. The van der Waals surface area contributed by atoms with Crippen molar-refractivity contribution in [2.45, 2.75) is 19.6 Å². The van der Waals surface area contributed by atoms with Gasteiger partial charge in [0, 0.05) is 19.0 Å². The van der Waals surface area contributed by atoms with Gasteiger partial charge in [-0.05, 0) is 6.92 Å². The summed E-state index contributed by atoms with van der Waals surface area (Å²) in [6.07, 6.45) is -4.44. The fraction of sp³-hybridized carbons (Fsp3) is 0.600. The first-order valence-corrected chi connectivity index (χ1v) is 6.06. The zero-order chi connectivity index (χ0) is 13.8. The molecule has 0 atom stereocenters. The lowest BCUT2D eigenvalue weighted by Crippen LogP contribution is -2.29. The van der Waals surface area contributed by atoms with Crippen molar-refractivity contribution >= 4 is 17.2 Å². The zero-order valence-electron chi connectivity index (χ0n) is 9.95. The van der Waals surface area contributed by atoms with Gasteiger partial charge in [-0.2, -0.15) is 13.2 Å². The van der Waals surface area contributed by atoms with Crippen molar-refractivity contribution in [3.05, 3.63) is 16.1 Å². The van der Waals surface area contributed by atoms with E-state index in [0.29, 0.717) is 6.61 Å². The Hall–Kier alpha value is -1.15. The van der Waals surface area contributed by atoms with Crippen LogP contribution in [0, 0.1) is 0 Å². The van der Waals surface area contributed by atoms with Crippen LogP contribution in [-0.2, 0) is 22.3 Å². The molecule has 1 rings (SSSR count). The number of alkyl halides is 3. The molecule has 0 saturated heterocycles. The number of rotatable bonds is 5. The van der Waals surface area contributed by atoms with Crippen LogP contribution in [0.1, 0.15) is 17.6 Å². The number of hydrogen-bond donors (Lipinski definition) is 0. The summed E-state index contributed by atoms with van der Waals surface area (Å²) in [6.45, 7) is 2.13. The van der Waals surface area contributed by atoms with E-state index in [9.17, 15) is 18.0 Å². The molecule has 0 fully saturated rings. The van der Waals surface area contributed by atoms with E-state index >= 15 is 0 Å². The summed E-state index contributed by atoms with van der Waals surface area (Å²) in [7, 11) is 1.50. The van der Waals surface area contributed by atoms with Gasteiger partial charge in [0.25, 0.3) is 0 Å². The van der Waals surface area contributed by atoms with Crippen molar-refractivity contribution in [3.8, 4) is 0 Å². The molecule has 1 heterocycles. The highest BCUT2D eigenvalue weighted by Crippen LogP contribution is 2.30. The van der Waals surface area contributed by atoms with E-state index in [2.05, 4.69) is 4.98 Å². The van der Waals surface area contributed by atoms with Gasteiger partial charge in [0.05, 0.1) is 6.54 Å². The first-order chi connectivity index (χ1) is 8.34. The van der Waals surface area contributed by atoms with Crippen LogP contribution in [0.5, 0.6) is 0 Å². The van der Waals surface area contributed by atoms with E-state index < -0.39 is 11.9 Å². The quantitative estimate of drug-likeness (QED) is 0.831. The third kappa shape index (κ3) is 4.26. The molecular weight excluding hydrogens is 269 g/mol. The molecule has 0 radical (unpaired) electrons. The average Bonchev–Trinajstić information content (AvgIpc) is 2.73. The van der Waals surface area contributed by atoms with Crippen LogP contribution in [0.4, 0.5) is 13.2 Å². The van der Waals surface area contributed by atoms with E-state index in [0.717, 1.165) is 16.7 Å². The molecule has 8 heteroatoms. The number of carbonyl (C=O) groups excluding carboxylic acids is 1. The van der Waals surface area contributed by atoms with Crippen molar-refractivity contribution in [3.63, 3.8) is 0 Å². The minimum Gasteiger partial charge on any atom is -0.372 e. The van der Waals surface area contributed by atoms with Crippen molar-refractivity contribution in [2.75, 3.05) is 20.3 Å². The zero-order valence-corrected chi connectivity index (χ0v) is 10.8. The Kier molecular flexibility index (Phi) is 5.09. The highest BCUT2D eigenvalue weighted by Gasteiger charge is 2.33. The maximum Gasteiger partial charge on any atom is 0.434 e. The van der Waals surface area contributed by atoms with Crippen LogP contribution < -0.4 is 0 Å². The van der Waals surface area contributed by atoms with E-state index in [1.807, 2.05) is 0 Å². The van der Waals surface area contributed by atoms with Gasteiger partial charge in [0.15, 0.2) is 5.69 Å². The highest BCUT2D eigenvalue weighted by molar-refractivity contribution is 7.09. The molecule has 102 valence electrons. The van der Waals surface area contributed by atoms with Crippen LogP contribution in [0.3, 0.4) is 0 Å². The van der Waals surface area contributed by atoms with Crippen LogP contribution >= 0.6 is 11.3 Å². The first-order valence-electron chi connectivity index (χ1n) is 5.18. The third-order valence-electron chi connectivity index (χ3n) is 2.07. The van der Waals surface area contributed by atoms with Gasteiger partial charge in [-0.25, -0.2) is 4.98 Å². The molecule has 18 heavy (non-hydrogen) atoms. The summed E-state index contributed by atoms with van der Waals surface area (Å²) < 4.78 is 41.8. The van der Waals surface area contributed by atoms with Gasteiger partial charge in [0.2, 0.25) is 5.91 Å². The Bertz CT molecular complexity index is 406. The maximum absolute atomic E-state index is 12.3. The lowest BCUT2D eigenvalue weighted by atomic mass is 10.4. The molecule has 0 bridgehead atoms. The Labute approximate surface area is 106 Å². The number of ether oxygens (including phenoxy) is 1. The molecule has 0 aromatic carbocycles. The van der Waals surface area contributed by atoms with Crippen LogP contribution in [-0.4, -0.2) is 36.1 Å². The predicted molar refractivity (Wildman–Crippen MR) is 60.1 cm³/mol. The van der Waals surface area contributed by atoms with Gasteiger partial charge < -0.3 is 9.64 Å². The van der Waals surface area contributed by atoms with Gasteiger partial charge in [-0.15, -0.1) is 11.3 Å². The second-order valence-electron chi connectivity index (χ2n) is 3.51. The number of likely N-dealkylation sites (N-methyl/N-ethyl adjacent to an activating group) is 1. The van der Waals surface area contributed by atoms with Crippen molar-refractivity contribution in [2.24, 2.45) is 0 Å². The second kappa shape index (κ2) is 6.14. The molecule has 4 nitrogen and oxygen atoms in total. The van der Waals surface area contributed by atoms with Crippen molar-refractivity contribution in [1.82, 2.24) is 9.88 Å². The summed E-state index contributed by atoms with van der Waals surface area (Å²) in [4.78, 5) is 16.2. The summed E-state index contributed by atoms with van der Waals surface area (Å²) >= 11 is 0.880. The standard InChI is InChI=1S/C10H13F3N2O2S/c1-3-17-5-9(16)15(2)4-8-14-7(6-18-8)10(11,12)13/h6H,3-5H2,1-2H3. The largest absolute Gasteiger partial charge is 0.434 e. The number of aromatic nitrogens is 1. The summed E-state index contributed by atoms with van der Waals surface area (Å²) in [6, 6.07) is 0. The molecule has 0 N–H and O–H groups in total. The van der Waals surface area contributed by atoms with Crippen LogP contribution in [0.2, 0.25) is 0 Å². The van der Waals surface area contributed by atoms with Gasteiger partial charge in [-0.3, -0.25) is 4.79 Å². The first kappa shape index (κ1) is 14.9. The Balaban J connectivity index is 2.57. The van der Waals surface area contributed by atoms with Gasteiger partial charge in [-0.1, -0.05) is 0 Å². The highest BCUT2D eigenvalue weighted by atomic mass is 32.1. The number of amides is 1. The second-order valence-corrected chi connectivity index (χ2v) is 4.45. The normalized spacial score (nSPS) is 11.6. The summed E-state index contributed by atoms with van der Waals surface area (Å²) in [5.74, 6) is -0.291. The molecule has 0 aliphatic carbocycles. The van der Waals surface area contributed by atoms with E-state index in [1.165, 1.54) is 11.9 Å². The molecular formula is C10H13F3N2O2S. The van der Waals surface area contributed by atoms with Crippen molar-refractivity contribution < 1.29 is 22.7 Å². The molecule has 0 aliphatic rings. The number of nitrogens with zero attached hydrogens (tertiary/aromatic N) is 2. The molecule has 1 amide bonds. The smallest absolute Gasteiger partial charge is 0.372 e. The van der Waals surface area contributed by atoms with E-state index in [4.69, 9.17) is 4.74 Å². The SMILES string of the molecule is CCOCC(=O)N(C)Cc1nc(C(F)(F)F)cs1. The minimum atomic E-state index is -4.44. The molecule has 1 aromatic rings. The number of carbonyl (C=O) groups is 1. The number of thiazole rings is 1. The van der Waals surface area contributed by atoms with Crippen LogP contribution in [0.15, 0.2) is 5.38 Å². The monoisotopic (exact) mass is 282 g/mol. The Morgan fingerprint density at radius 1 is 1.56 bits per heavy atom. The lowest BCUT2D eigenvalue weighted by molar-refractivity contribution is -0.140. The molecule has 0 unspecified atom stereocenters. The van der Waals surface area contributed by atoms with E-state index in [1.54, 1.807) is 6.92 Å². The van der Waals surface area contributed by atoms with Gasteiger partial charge in [0.1, 0.15) is 11.6 Å². The topological polar surface area (TPSA) is 42.4 Å². The Morgan fingerprint density at radius 3 is 2.72 bits per heavy atom. The minimum absolute atomic E-state index is 0.0483. The molecule has 0 spiro atoms. The fourth-order valence-corrected chi connectivity index (χ4v) is 1.96. The predicted octanol–water partition coefficient (Wildman–Crippen LogP) is 2.16. The molecule has 0 saturated carbocycles. The van der Waals surface area contributed by atoms with E-state index in [-0.39, 0.29) is 24.1 Å². The van der Waals surface area contributed by atoms with Crippen molar-refractivity contribution in [1.29, 1.82) is 0 Å². The maximum atomic E-state index is 12.3. The average molecular weight is 282 g/mol.